The minimum absolute atomic E-state index is 0.0688. The first-order chi connectivity index (χ1) is 9.70. The van der Waals surface area contributed by atoms with Gasteiger partial charge in [-0.2, -0.15) is 8.42 Å². The Bertz CT molecular complexity index is 608. The largest absolute Gasteiger partial charge is 0.326 e. The van der Waals surface area contributed by atoms with Crippen LogP contribution in [0, 0.1) is 20.8 Å². The number of benzene rings is 1. The van der Waals surface area contributed by atoms with Crippen molar-refractivity contribution >= 4 is 21.7 Å². The summed E-state index contributed by atoms with van der Waals surface area (Å²) in [6, 6.07) is 3.89. The maximum absolute atomic E-state index is 11.9. The van der Waals surface area contributed by atoms with E-state index < -0.39 is 10.1 Å². The quantitative estimate of drug-likeness (QED) is 0.620. The van der Waals surface area contributed by atoms with Crippen molar-refractivity contribution in [3.05, 3.63) is 28.8 Å². The van der Waals surface area contributed by atoms with Crippen LogP contribution in [0.15, 0.2) is 12.1 Å². The van der Waals surface area contributed by atoms with E-state index in [4.69, 9.17) is 0 Å². The van der Waals surface area contributed by atoms with Crippen molar-refractivity contribution in [2.45, 2.75) is 40.0 Å². The second-order valence-corrected chi connectivity index (χ2v) is 6.86. The number of nitrogens with one attached hydrogen (secondary N) is 1. The van der Waals surface area contributed by atoms with Crippen molar-refractivity contribution in [1.29, 1.82) is 0 Å². The fraction of sp³-hybridized carbons (Fsp3) is 0.533. The van der Waals surface area contributed by atoms with E-state index in [1.165, 1.54) is 11.1 Å². The van der Waals surface area contributed by atoms with E-state index in [-0.39, 0.29) is 12.5 Å². The molecule has 0 saturated heterocycles. The topological polar surface area (TPSA) is 72.5 Å². The average Bonchev–Trinajstić information content (AvgIpc) is 2.38. The SMILES string of the molecule is Cc1ccc(NC(=O)CCCCOS(C)(=O)=O)c(C)c1C. The molecule has 0 spiro atoms. The standard InChI is InChI=1S/C15H23NO4S/c1-11-8-9-14(13(3)12(11)2)16-15(17)7-5-6-10-20-21(4,18)19/h8-9H,5-7,10H2,1-4H3,(H,16,17). The summed E-state index contributed by atoms with van der Waals surface area (Å²) in [6.45, 7) is 6.17. The van der Waals surface area contributed by atoms with Crippen LogP contribution in [-0.2, 0) is 19.1 Å². The predicted octanol–water partition coefficient (Wildman–Crippen LogP) is 2.70. The molecule has 1 rings (SSSR count). The van der Waals surface area contributed by atoms with Crippen LogP contribution >= 0.6 is 0 Å². The Labute approximate surface area is 126 Å². The number of carbonyl (C=O) groups excluding carboxylic acids is 1. The Kier molecular flexibility index (Phi) is 6.36. The highest BCUT2D eigenvalue weighted by Crippen LogP contribution is 2.21. The third-order valence-electron chi connectivity index (χ3n) is 3.43. The first kappa shape index (κ1) is 17.7. The number of amides is 1. The van der Waals surface area contributed by atoms with Gasteiger partial charge in [-0.1, -0.05) is 6.07 Å². The summed E-state index contributed by atoms with van der Waals surface area (Å²) in [5, 5.41) is 2.89. The molecule has 0 aromatic heterocycles. The summed E-state index contributed by atoms with van der Waals surface area (Å²) in [6.07, 6.45) is 2.49. The van der Waals surface area contributed by atoms with Crippen LogP contribution in [0.2, 0.25) is 0 Å². The van der Waals surface area contributed by atoms with Gasteiger partial charge in [-0.3, -0.25) is 8.98 Å². The van der Waals surface area contributed by atoms with E-state index in [0.717, 1.165) is 17.5 Å². The van der Waals surface area contributed by atoms with Gasteiger partial charge < -0.3 is 5.32 Å². The zero-order valence-electron chi connectivity index (χ0n) is 13.0. The third-order valence-corrected chi connectivity index (χ3v) is 4.02. The molecule has 0 bridgehead atoms. The number of anilines is 1. The summed E-state index contributed by atoms with van der Waals surface area (Å²) in [4.78, 5) is 11.9. The molecule has 0 radical (unpaired) electrons. The van der Waals surface area contributed by atoms with Crippen LogP contribution in [0.1, 0.15) is 36.0 Å². The lowest BCUT2D eigenvalue weighted by molar-refractivity contribution is -0.116. The number of carbonyl (C=O) groups is 1. The van der Waals surface area contributed by atoms with Crippen molar-refractivity contribution < 1.29 is 17.4 Å². The van der Waals surface area contributed by atoms with Crippen molar-refractivity contribution in [1.82, 2.24) is 0 Å². The Morgan fingerprint density at radius 2 is 1.81 bits per heavy atom. The summed E-state index contributed by atoms with van der Waals surface area (Å²) in [5.74, 6) is -0.0688. The lowest BCUT2D eigenvalue weighted by atomic mass is 10.0. The van der Waals surface area contributed by atoms with Crippen LogP contribution in [0.3, 0.4) is 0 Å². The molecule has 118 valence electrons. The molecular weight excluding hydrogens is 290 g/mol. The molecule has 5 nitrogen and oxygen atoms in total. The van der Waals surface area contributed by atoms with Crippen LogP contribution in [0.5, 0.6) is 0 Å². The van der Waals surface area contributed by atoms with Gasteiger partial charge in [0.05, 0.1) is 12.9 Å². The van der Waals surface area contributed by atoms with Gasteiger partial charge in [0.2, 0.25) is 5.91 Å². The van der Waals surface area contributed by atoms with Crippen molar-refractivity contribution in [3.63, 3.8) is 0 Å². The number of hydrogen-bond acceptors (Lipinski definition) is 4. The smallest absolute Gasteiger partial charge is 0.264 e. The van der Waals surface area contributed by atoms with E-state index in [9.17, 15) is 13.2 Å². The number of hydrogen-bond donors (Lipinski definition) is 1. The molecule has 1 aromatic carbocycles. The highest BCUT2D eigenvalue weighted by atomic mass is 32.2. The molecule has 21 heavy (non-hydrogen) atoms. The maximum atomic E-state index is 11.9. The Balaban J connectivity index is 2.40. The van der Waals surface area contributed by atoms with E-state index in [0.29, 0.717) is 19.3 Å². The first-order valence-electron chi connectivity index (χ1n) is 6.92. The molecule has 1 amide bonds. The second-order valence-electron chi connectivity index (χ2n) is 5.21. The molecule has 0 atom stereocenters. The molecule has 1 N–H and O–H groups in total. The molecule has 1 aromatic rings. The fourth-order valence-electron chi connectivity index (χ4n) is 1.90. The number of rotatable bonds is 7. The summed E-state index contributed by atoms with van der Waals surface area (Å²) < 4.78 is 26.1. The predicted molar refractivity (Wildman–Crippen MR) is 83.9 cm³/mol. The van der Waals surface area contributed by atoms with Crippen LogP contribution < -0.4 is 5.32 Å². The van der Waals surface area contributed by atoms with Crippen molar-refractivity contribution in [2.24, 2.45) is 0 Å². The van der Waals surface area contributed by atoms with E-state index in [1.807, 2.05) is 32.9 Å². The monoisotopic (exact) mass is 313 g/mol. The lowest BCUT2D eigenvalue weighted by Crippen LogP contribution is -2.13. The minimum Gasteiger partial charge on any atom is -0.326 e. The van der Waals surface area contributed by atoms with Crippen molar-refractivity contribution in [2.75, 3.05) is 18.2 Å². The van der Waals surface area contributed by atoms with Gasteiger partial charge in [0.1, 0.15) is 0 Å². The summed E-state index contributed by atoms with van der Waals surface area (Å²) >= 11 is 0. The van der Waals surface area contributed by atoms with Gasteiger partial charge in [0.25, 0.3) is 10.1 Å². The molecule has 0 heterocycles. The Hall–Kier alpha value is -1.40. The molecule has 0 aliphatic rings. The van der Waals surface area contributed by atoms with Gasteiger partial charge >= 0.3 is 0 Å². The molecule has 0 aliphatic heterocycles. The molecule has 0 fully saturated rings. The summed E-state index contributed by atoms with van der Waals surface area (Å²) in [7, 11) is -3.39. The van der Waals surface area contributed by atoms with E-state index >= 15 is 0 Å². The normalized spacial score (nSPS) is 11.4. The second kappa shape index (κ2) is 7.56. The zero-order chi connectivity index (χ0) is 16.0. The van der Waals surface area contributed by atoms with Crippen molar-refractivity contribution in [3.8, 4) is 0 Å². The Morgan fingerprint density at radius 1 is 1.14 bits per heavy atom. The Morgan fingerprint density at radius 3 is 2.43 bits per heavy atom. The molecule has 6 heteroatoms. The van der Waals surface area contributed by atoms with Gasteiger partial charge in [-0.15, -0.1) is 0 Å². The lowest BCUT2D eigenvalue weighted by Gasteiger charge is -2.12. The fourth-order valence-corrected chi connectivity index (χ4v) is 2.32. The molecule has 0 saturated carbocycles. The van der Waals surface area contributed by atoms with Gasteiger partial charge in [-0.05, 0) is 56.4 Å². The van der Waals surface area contributed by atoms with Crippen LogP contribution in [-0.4, -0.2) is 27.2 Å². The molecule has 0 aliphatic carbocycles. The molecular formula is C15H23NO4S. The number of aryl methyl sites for hydroxylation is 1. The number of unbranched alkanes of at least 4 members (excludes halogenated alkanes) is 1. The van der Waals surface area contributed by atoms with Gasteiger partial charge in [0, 0.05) is 12.1 Å². The van der Waals surface area contributed by atoms with Gasteiger partial charge in [-0.25, -0.2) is 0 Å². The van der Waals surface area contributed by atoms with Crippen LogP contribution in [0.25, 0.3) is 0 Å². The highest BCUT2D eigenvalue weighted by molar-refractivity contribution is 7.85. The highest BCUT2D eigenvalue weighted by Gasteiger charge is 2.08. The summed E-state index contributed by atoms with van der Waals surface area (Å²) in [5.41, 5.74) is 4.28. The first-order valence-corrected chi connectivity index (χ1v) is 8.73. The average molecular weight is 313 g/mol. The third kappa shape index (κ3) is 6.27. The van der Waals surface area contributed by atoms with E-state index in [2.05, 4.69) is 9.50 Å². The minimum atomic E-state index is -3.39. The zero-order valence-corrected chi connectivity index (χ0v) is 13.8. The van der Waals surface area contributed by atoms with Gasteiger partial charge in [0.15, 0.2) is 0 Å². The van der Waals surface area contributed by atoms with Crippen LogP contribution in [0.4, 0.5) is 5.69 Å². The van der Waals surface area contributed by atoms with E-state index in [1.54, 1.807) is 0 Å². The molecule has 0 unspecified atom stereocenters. The maximum Gasteiger partial charge on any atom is 0.264 e.